The van der Waals surface area contributed by atoms with Crippen LogP contribution < -0.4 is 4.74 Å². The van der Waals surface area contributed by atoms with Crippen LogP contribution in [-0.4, -0.2) is 16.7 Å². The molecule has 0 spiro atoms. The van der Waals surface area contributed by atoms with Crippen molar-refractivity contribution < 1.29 is 4.74 Å². The second-order valence-electron chi connectivity index (χ2n) is 4.66. The van der Waals surface area contributed by atoms with Gasteiger partial charge in [-0.25, -0.2) is 4.98 Å². The van der Waals surface area contributed by atoms with Crippen molar-refractivity contribution in [2.45, 2.75) is 19.3 Å². The minimum Gasteiger partial charge on any atom is -0.494 e. The number of hydrogen-bond donors (Lipinski definition) is 0. The van der Waals surface area contributed by atoms with Crippen molar-refractivity contribution in [3.63, 3.8) is 0 Å². The second kappa shape index (κ2) is 5.46. The molecular weight excluding hydrogens is 292 g/mol. The smallest absolute Gasteiger partial charge is 0.146 e. The molecule has 0 radical (unpaired) electrons. The van der Waals surface area contributed by atoms with Gasteiger partial charge in [-0.1, -0.05) is 6.07 Å². The molecule has 0 saturated carbocycles. The number of nitrogens with zero attached hydrogens (tertiary/aromatic N) is 2. The number of rotatable bonds is 4. The van der Waals surface area contributed by atoms with Crippen LogP contribution in [0.3, 0.4) is 0 Å². The Bertz CT molecular complexity index is 747. The summed E-state index contributed by atoms with van der Waals surface area (Å²) in [6.45, 7) is 2.92. The minimum absolute atomic E-state index is 0.390. The first-order chi connectivity index (χ1) is 9.74. The Labute approximate surface area is 126 Å². The predicted octanol–water partition coefficient (Wildman–Crippen LogP) is 4.20. The zero-order valence-corrected chi connectivity index (χ0v) is 13.0. The van der Waals surface area contributed by atoms with E-state index >= 15 is 0 Å². The summed E-state index contributed by atoms with van der Waals surface area (Å²) in [6.07, 6.45) is 0. The highest BCUT2D eigenvalue weighted by molar-refractivity contribution is 7.08. The van der Waals surface area contributed by atoms with Gasteiger partial charge in [0.15, 0.2) is 0 Å². The van der Waals surface area contributed by atoms with E-state index in [0.29, 0.717) is 5.88 Å². The highest BCUT2D eigenvalue weighted by Gasteiger charge is 2.14. The summed E-state index contributed by atoms with van der Waals surface area (Å²) in [5, 5.41) is 4.34. The quantitative estimate of drug-likeness (QED) is 0.675. The number of alkyl halides is 1. The molecule has 3 rings (SSSR count). The van der Waals surface area contributed by atoms with Crippen LogP contribution >= 0.6 is 22.9 Å². The van der Waals surface area contributed by atoms with Crippen LogP contribution in [0.25, 0.3) is 11.0 Å². The molecular formula is C15H15ClN2OS. The summed E-state index contributed by atoms with van der Waals surface area (Å²) in [6, 6.07) is 5.97. The molecule has 1 aromatic carbocycles. The lowest BCUT2D eigenvalue weighted by molar-refractivity contribution is 0.419. The van der Waals surface area contributed by atoms with Gasteiger partial charge in [0.25, 0.3) is 0 Å². The number of aromatic nitrogens is 2. The number of hydrogen-bond acceptors (Lipinski definition) is 3. The van der Waals surface area contributed by atoms with Gasteiger partial charge in [0, 0.05) is 0 Å². The van der Waals surface area contributed by atoms with E-state index in [4.69, 9.17) is 16.3 Å². The molecule has 0 aliphatic carbocycles. The lowest BCUT2D eigenvalue weighted by atomic mass is 10.2. The Kier molecular flexibility index (Phi) is 3.68. The molecule has 0 bridgehead atoms. The molecule has 20 heavy (non-hydrogen) atoms. The fraction of sp³-hybridized carbons (Fsp3) is 0.267. The lowest BCUT2D eigenvalue weighted by Crippen LogP contribution is -2.03. The molecule has 3 aromatic rings. The Morgan fingerprint density at radius 1 is 1.35 bits per heavy atom. The van der Waals surface area contributed by atoms with Crippen LogP contribution in [0.15, 0.2) is 29.0 Å². The molecule has 0 saturated heterocycles. The molecule has 0 unspecified atom stereocenters. The number of fused-ring (bicyclic) bond motifs is 1. The summed E-state index contributed by atoms with van der Waals surface area (Å²) < 4.78 is 7.55. The topological polar surface area (TPSA) is 27.1 Å². The van der Waals surface area contributed by atoms with Gasteiger partial charge in [-0.3, -0.25) is 0 Å². The van der Waals surface area contributed by atoms with Crippen molar-refractivity contribution in [2.24, 2.45) is 0 Å². The Morgan fingerprint density at radius 3 is 2.85 bits per heavy atom. The van der Waals surface area contributed by atoms with Crippen molar-refractivity contribution in [1.29, 1.82) is 0 Å². The van der Waals surface area contributed by atoms with Crippen LogP contribution in [0.2, 0.25) is 0 Å². The molecule has 0 atom stereocenters. The predicted molar refractivity (Wildman–Crippen MR) is 84.0 cm³/mol. The van der Waals surface area contributed by atoms with Crippen LogP contribution in [0.5, 0.6) is 5.75 Å². The number of thiophene rings is 1. The van der Waals surface area contributed by atoms with E-state index in [0.717, 1.165) is 29.2 Å². The van der Waals surface area contributed by atoms with E-state index in [1.807, 2.05) is 12.1 Å². The van der Waals surface area contributed by atoms with Crippen LogP contribution in [0, 0.1) is 6.92 Å². The molecule has 0 N–H and O–H groups in total. The zero-order chi connectivity index (χ0) is 14.1. The zero-order valence-electron chi connectivity index (χ0n) is 11.4. The number of ether oxygens (including phenoxy) is 1. The fourth-order valence-electron chi connectivity index (χ4n) is 2.33. The number of imidazole rings is 1. The van der Waals surface area contributed by atoms with E-state index < -0.39 is 0 Å². The van der Waals surface area contributed by atoms with Gasteiger partial charge in [-0.2, -0.15) is 11.3 Å². The van der Waals surface area contributed by atoms with Crippen molar-refractivity contribution >= 4 is 34.0 Å². The lowest BCUT2D eigenvalue weighted by Gasteiger charge is -2.08. The van der Waals surface area contributed by atoms with E-state index in [1.165, 1.54) is 11.1 Å². The summed E-state index contributed by atoms with van der Waals surface area (Å²) in [5.74, 6) is 2.05. The summed E-state index contributed by atoms with van der Waals surface area (Å²) >= 11 is 7.78. The van der Waals surface area contributed by atoms with Crippen LogP contribution in [0.1, 0.15) is 17.0 Å². The van der Waals surface area contributed by atoms with Gasteiger partial charge in [0.05, 0.1) is 25.1 Å². The monoisotopic (exact) mass is 306 g/mol. The average Bonchev–Trinajstić information content (AvgIpc) is 3.03. The molecule has 0 fully saturated rings. The molecule has 104 valence electrons. The SMILES string of the molecule is COc1cccc2c1nc(CCl)n2Cc1cscc1C. The maximum Gasteiger partial charge on any atom is 0.146 e. The van der Waals surface area contributed by atoms with Gasteiger partial charge in [0.1, 0.15) is 17.1 Å². The average molecular weight is 307 g/mol. The standard InChI is InChI=1S/C15H15ClN2OS/c1-10-8-20-9-11(10)7-18-12-4-3-5-13(19-2)15(12)17-14(18)6-16/h3-5,8-9H,6-7H2,1-2H3. The molecule has 0 aliphatic heterocycles. The van der Waals surface area contributed by atoms with Gasteiger partial charge >= 0.3 is 0 Å². The third-order valence-corrected chi connectivity index (χ3v) is 4.60. The first-order valence-corrected chi connectivity index (χ1v) is 7.82. The summed E-state index contributed by atoms with van der Waals surface area (Å²) in [5.41, 5.74) is 4.55. The highest BCUT2D eigenvalue weighted by Crippen LogP contribution is 2.28. The van der Waals surface area contributed by atoms with Crippen molar-refractivity contribution in [2.75, 3.05) is 7.11 Å². The van der Waals surface area contributed by atoms with E-state index in [-0.39, 0.29) is 0 Å². The van der Waals surface area contributed by atoms with Crippen LogP contribution in [-0.2, 0) is 12.4 Å². The molecule has 0 amide bonds. The van der Waals surface area contributed by atoms with Gasteiger partial charge in [-0.05, 0) is 40.9 Å². The van der Waals surface area contributed by atoms with Crippen molar-refractivity contribution in [3.8, 4) is 5.75 Å². The molecule has 3 nitrogen and oxygen atoms in total. The first kappa shape index (κ1) is 13.5. The Hall–Kier alpha value is -1.52. The molecule has 2 aromatic heterocycles. The number of benzene rings is 1. The third kappa shape index (κ3) is 2.19. The number of para-hydroxylation sites is 1. The second-order valence-corrected chi connectivity index (χ2v) is 5.67. The van der Waals surface area contributed by atoms with E-state index in [1.54, 1.807) is 18.4 Å². The molecule has 0 aliphatic rings. The summed E-state index contributed by atoms with van der Waals surface area (Å²) in [7, 11) is 1.66. The number of aryl methyl sites for hydroxylation is 1. The Balaban J connectivity index is 2.16. The van der Waals surface area contributed by atoms with Gasteiger partial charge in [-0.15, -0.1) is 11.6 Å². The van der Waals surface area contributed by atoms with Crippen molar-refractivity contribution in [3.05, 3.63) is 45.9 Å². The van der Waals surface area contributed by atoms with Gasteiger partial charge < -0.3 is 9.30 Å². The normalized spacial score (nSPS) is 11.2. The van der Waals surface area contributed by atoms with Gasteiger partial charge in [0.2, 0.25) is 0 Å². The van der Waals surface area contributed by atoms with Crippen molar-refractivity contribution in [1.82, 2.24) is 9.55 Å². The third-order valence-electron chi connectivity index (χ3n) is 3.45. The maximum absolute atomic E-state index is 6.06. The van der Waals surface area contributed by atoms with E-state index in [9.17, 15) is 0 Å². The number of methoxy groups -OCH3 is 1. The summed E-state index contributed by atoms with van der Waals surface area (Å²) in [4.78, 5) is 4.62. The maximum atomic E-state index is 6.06. The largest absolute Gasteiger partial charge is 0.494 e. The highest BCUT2D eigenvalue weighted by atomic mass is 35.5. The minimum atomic E-state index is 0.390. The van der Waals surface area contributed by atoms with E-state index in [2.05, 4.69) is 33.3 Å². The van der Waals surface area contributed by atoms with Crippen LogP contribution in [0.4, 0.5) is 0 Å². The molecule has 2 heterocycles. The fourth-order valence-corrected chi connectivity index (χ4v) is 3.38. The molecule has 5 heteroatoms. The number of halogens is 1. The first-order valence-electron chi connectivity index (χ1n) is 6.34. The Morgan fingerprint density at radius 2 is 2.20 bits per heavy atom.